The molecule has 0 aliphatic heterocycles. The maximum absolute atomic E-state index is 5.77. The Morgan fingerprint density at radius 3 is 2.83 bits per heavy atom. The first-order valence-electron chi connectivity index (χ1n) is 3.61. The van der Waals surface area contributed by atoms with Gasteiger partial charge in [-0.2, -0.15) is 0 Å². The zero-order valence-corrected chi connectivity index (χ0v) is 8.67. The molecule has 0 spiro atoms. The predicted octanol–water partition coefficient (Wildman–Crippen LogP) is 1.95. The van der Waals surface area contributed by atoms with Crippen LogP contribution in [0.1, 0.15) is 13.8 Å². The van der Waals surface area contributed by atoms with Crippen LogP contribution in [0.3, 0.4) is 0 Å². The van der Waals surface area contributed by atoms with Gasteiger partial charge in [0.2, 0.25) is 0 Å². The first-order valence-corrected chi connectivity index (χ1v) is 4.87. The lowest BCUT2D eigenvalue weighted by atomic mass is 10.1. The van der Waals surface area contributed by atoms with Crippen LogP contribution in [0.5, 0.6) is 0 Å². The van der Waals surface area contributed by atoms with Gasteiger partial charge >= 0.3 is 0 Å². The van der Waals surface area contributed by atoms with Crippen molar-refractivity contribution in [2.24, 2.45) is 5.73 Å². The smallest absolute Gasteiger partial charge is 0.184 e. The Kier molecular flexibility index (Phi) is 2.93. The lowest BCUT2D eigenvalue weighted by molar-refractivity contribution is 0.549. The quantitative estimate of drug-likeness (QED) is 0.793. The van der Waals surface area contributed by atoms with Crippen LogP contribution < -0.4 is 11.1 Å². The van der Waals surface area contributed by atoms with Gasteiger partial charge in [-0.25, -0.2) is 4.98 Å². The summed E-state index contributed by atoms with van der Waals surface area (Å²) in [7, 11) is 0. The summed E-state index contributed by atoms with van der Waals surface area (Å²) in [6.07, 6.45) is 0. The topological polar surface area (TPSA) is 50.9 Å². The number of aromatic nitrogens is 1. The first-order chi connectivity index (χ1) is 5.47. The maximum atomic E-state index is 5.77. The fourth-order valence-corrected chi connectivity index (χ4v) is 1.48. The highest BCUT2D eigenvalue weighted by Gasteiger charge is 2.10. The van der Waals surface area contributed by atoms with Crippen LogP contribution in [-0.4, -0.2) is 17.1 Å². The summed E-state index contributed by atoms with van der Waals surface area (Å²) in [6, 6.07) is 0. The number of nitrogens with two attached hydrogens (primary N) is 1. The number of rotatable bonds is 3. The molecule has 0 aromatic carbocycles. The van der Waals surface area contributed by atoms with E-state index in [2.05, 4.69) is 10.3 Å². The molecule has 1 rings (SSSR count). The van der Waals surface area contributed by atoms with E-state index in [0.717, 1.165) is 5.13 Å². The van der Waals surface area contributed by atoms with Gasteiger partial charge in [0.05, 0.1) is 0 Å². The van der Waals surface area contributed by atoms with Gasteiger partial charge in [0.15, 0.2) is 5.13 Å². The molecule has 0 aliphatic carbocycles. The third-order valence-corrected chi connectivity index (χ3v) is 2.29. The molecule has 1 aromatic heterocycles. The first kappa shape index (κ1) is 9.77. The monoisotopic (exact) mass is 205 g/mol. The Morgan fingerprint density at radius 2 is 2.42 bits per heavy atom. The highest BCUT2D eigenvalue weighted by atomic mass is 35.5. The Labute approximate surface area is 80.9 Å². The number of hydrogen-bond donors (Lipinski definition) is 2. The molecule has 12 heavy (non-hydrogen) atoms. The second-order valence-electron chi connectivity index (χ2n) is 3.32. The normalized spacial score (nSPS) is 11.7. The molecule has 0 bridgehead atoms. The van der Waals surface area contributed by atoms with E-state index in [-0.39, 0.29) is 5.54 Å². The van der Waals surface area contributed by atoms with E-state index in [0.29, 0.717) is 11.7 Å². The third-order valence-electron chi connectivity index (χ3n) is 1.17. The summed E-state index contributed by atoms with van der Waals surface area (Å²) < 4.78 is 0. The van der Waals surface area contributed by atoms with Crippen LogP contribution in [0.4, 0.5) is 5.13 Å². The molecular weight excluding hydrogens is 194 g/mol. The lowest BCUT2D eigenvalue weighted by Gasteiger charge is -2.18. The van der Waals surface area contributed by atoms with E-state index in [1.54, 1.807) is 5.38 Å². The molecule has 3 nitrogen and oxygen atoms in total. The van der Waals surface area contributed by atoms with Gasteiger partial charge in [0, 0.05) is 17.5 Å². The van der Waals surface area contributed by atoms with Crippen molar-refractivity contribution in [2.45, 2.75) is 19.4 Å². The van der Waals surface area contributed by atoms with E-state index in [4.69, 9.17) is 17.3 Å². The minimum Gasteiger partial charge on any atom is -0.360 e. The summed E-state index contributed by atoms with van der Waals surface area (Å²) in [5.74, 6) is 0. The molecule has 0 radical (unpaired) electrons. The Bertz CT molecular complexity index is 253. The third kappa shape index (κ3) is 3.38. The number of thiazole rings is 1. The summed E-state index contributed by atoms with van der Waals surface area (Å²) >= 11 is 7.12. The van der Waals surface area contributed by atoms with Crippen molar-refractivity contribution in [1.82, 2.24) is 4.98 Å². The molecule has 0 aliphatic rings. The fourth-order valence-electron chi connectivity index (χ4n) is 0.639. The van der Waals surface area contributed by atoms with Crippen molar-refractivity contribution in [3.8, 4) is 0 Å². The van der Waals surface area contributed by atoms with Gasteiger partial charge in [0.1, 0.15) is 5.15 Å². The molecule has 68 valence electrons. The fraction of sp³-hybridized carbons (Fsp3) is 0.571. The lowest BCUT2D eigenvalue weighted by Crippen LogP contribution is -2.39. The number of halogens is 1. The van der Waals surface area contributed by atoms with Gasteiger partial charge in [-0.15, -0.1) is 11.3 Å². The van der Waals surface area contributed by atoms with E-state index in [1.165, 1.54) is 11.3 Å². The summed E-state index contributed by atoms with van der Waals surface area (Å²) in [4.78, 5) is 4.03. The van der Waals surface area contributed by atoms with Gasteiger partial charge in [-0.1, -0.05) is 11.6 Å². The molecule has 3 N–H and O–H groups in total. The minimum absolute atomic E-state index is 0.224. The molecule has 0 unspecified atom stereocenters. The second kappa shape index (κ2) is 3.60. The largest absolute Gasteiger partial charge is 0.360 e. The average Bonchev–Trinajstić information content (AvgIpc) is 2.30. The zero-order valence-electron chi connectivity index (χ0n) is 7.10. The Balaban J connectivity index is 2.44. The molecule has 5 heteroatoms. The van der Waals surface area contributed by atoms with Gasteiger partial charge in [-0.3, -0.25) is 0 Å². The van der Waals surface area contributed by atoms with Crippen molar-refractivity contribution < 1.29 is 0 Å². The summed E-state index contributed by atoms with van der Waals surface area (Å²) in [5.41, 5.74) is 5.55. The maximum Gasteiger partial charge on any atom is 0.184 e. The summed E-state index contributed by atoms with van der Waals surface area (Å²) in [5, 5.41) is 6.23. The standard InChI is InChI=1S/C7H12ClN3S/c1-7(2,9)4-10-6-11-5(8)3-12-6/h3H,4,9H2,1-2H3,(H,10,11). The highest BCUT2D eigenvalue weighted by Crippen LogP contribution is 2.18. The van der Waals surface area contributed by atoms with Gasteiger partial charge in [-0.05, 0) is 13.8 Å². The average molecular weight is 206 g/mol. The van der Waals surface area contributed by atoms with Crippen molar-refractivity contribution >= 4 is 28.1 Å². The minimum atomic E-state index is -0.224. The Hall–Kier alpha value is -0.320. The van der Waals surface area contributed by atoms with Gasteiger partial charge < -0.3 is 11.1 Å². The molecule has 0 saturated carbocycles. The van der Waals surface area contributed by atoms with E-state index < -0.39 is 0 Å². The van der Waals surface area contributed by atoms with Crippen molar-refractivity contribution in [2.75, 3.05) is 11.9 Å². The highest BCUT2D eigenvalue weighted by molar-refractivity contribution is 7.14. The SMILES string of the molecule is CC(C)(N)CNc1nc(Cl)cs1. The molecule has 1 heterocycles. The van der Waals surface area contributed by atoms with Crippen LogP contribution in [0.25, 0.3) is 0 Å². The number of nitrogens with zero attached hydrogens (tertiary/aromatic N) is 1. The number of hydrogen-bond acceptors (Lipinski definition) is 4. The van der Waals surface area contributed by atoms with Gasteiger partial charge in [0.25, 0.3) is 0 Å². The van der Waals surface area contributed by atoms with Crippen molar-refractivity contribution in [3.63, 3.8) is 0 Å². The van der Waals surface area contributed by atoms with E-state index in [9.17, 15) is 0 Å². The van der Waals surface area contributed by atoms with Crippen LogP contribution in [0.2, 0.25) is 5.15 Å². The van der Waals surface area contributed by atoms with Crippen LogP contribution in [-0.2, 0) is 0 Å². The van der Waals surface area contributed by atoms with E-state index >= 15 is 0 Å². The number of nitrogens with one attached hydrogen (secondary N) is 1. The Morgan fingerprint density at radius 1 is 1.75 bits per heavy atom. The number of anilines is 1. The zero-order chi connectivity index (χ0) is 9.19. The van der Waals surface area contributed by atoms with Crippen molar-refractivity contribution in [3.05, 3.63) is 10.5 Å². The molecular formula is C7H12ClN3S. The summed E-state index contributed by atoms with van der Waals surface area (Å²) in [6.45, 7) is 4.60. The molecule has 0 atom stereocenters. The van der Waals surface area contributed by atoms with E-state index in [1.807, 2.05) is 13.8 Å². The second-order valence-corrected chi connectivity index (χ2v) is 4.56. The van der Waals surface area contributed by atoms with Crippen LogP contribution in [0, 0.1) is 0 Å². The molecule has 1 aromatic rings. The van der Waals surface area contributed by atoms with Crippen LogP contribution in [0.15, 0.2) is 5.38 Å². The van der Waals surface area contributed by atoms with Crippen molar-refractivity contribution in [1.29, 1.82) is 0 Å². The van der Waals surface area contributed by atoms with Crippen LogP contribution >= 0.6 is 22.9 Å². The molecule has 0 fully saturated rings. The molecule has 0 amide bonds. The predicted molar refractivity (Wildman–Crippen MR) is 53.9 cm³/mol. The molecule has 0 saturated heterocycles.